The molecule has 3 aromatic rings. The molecule has 0 saturated carbocycles. The number of sulfone groups is 1. The van der Waals surface area contributed by atoms with Gasteiger partial charge in [0.2, 0.25) is 10.8 Å². The highest BCUT2D eigenvalue weighted by Gasteiger charge is 2.57. The number of nitrogens with zero attached hydrogens (tertiary/aromatic N) is 5. The number of aromatic nitrogens is 4. The summed E-state index contributed by atoms with van der Waals surface area (Å²) in [5.74, 6) is -1.72. The van der Waals surface area contributed by atoms with Crippen LogP contribution >= 0.6 is 0 Å². The van der Waals surface area contributed by atoms with Crippen molar-refractivity contribution >= 4 is 26.8 Å². The van der Waals surface area contributed by atoms with Crippen molar-refractivity contribution in [3.8, 4) is 0 Å². The summed E-state index contributed by atoms with van der Waals surface area (Å²) in [7, 11) is -4.30. The van der Waals surface area contributed by atoms with Gasteiger partial charge in [0.25, 0.3) is 0 Å². The minimum Gasteiger partial charge on any atom is -0.392 e. The molecule has 1 unspecified atom stereocenters. The Labute approximate surface area is 212 Å². The Morgan fingerprint density at radius 2 is 1.63 bits per heavy atom. The first-order valence-electron chi connectivity index (χ1n) is 11.2. The van der Waals surface area contributed by atoms with Gasteiger partial charge in [-0.1, -0.05) is 13.8 Å². The Balaban J connectivity index is 2.06. The maximum Gasteiger partial charge on any atom is 0.433 e. The standard InChI is InChI=1S/C22H23F6N5O4S/c1-11(2)20(38(3,36)37)18-30-15-6-12(9-34)14(21(23,24)25)7-16(15)32(18)4-5-33(20)19-29-8-13(10-35)17(31-19)22(26,27)28/h6-8,11,34-35H,4-5,9-10H2,1-3H3. The Hall–Kier alpha value is -2.98. The fourth-order valence-corrected chi connectivity index (χ4v) is 7.01. The second-order valence-corrected chi connectivity index (χ2v) is 11.4. The summed E-state index contributed by atoms with van der Waals surface area (Å²) in [6.45, 7) is 0.555. The first-order chi connectivity index (χ1) is 17.5. The molecule has 38 heavy (non-hydrogen) atoms. The second-order valence-electron chi connectivity index (χ2n) is 9.22. The minimum atomic E-state index is -4.99. The van der Waals surface area contributed by atoms with Crippen LogP contribution in [0, 0.1) is 5.92 Å². The summed E-state index contributed by atoms with van der Waals surface area (Å²) in [5, 5.41) is 18.9. The van der Waals surface area contributed by atoms with Crippen molar-refractivity contribution in [2.75, 3.05) is 17.7 Å². The van der Waals surface area contributed by atoms with Gasteiger partial charge in [-0.05, 0) is 23.6 Å². The van der Waals surface area contributed by atoms with E-state index in [0.29, 0.717) is 0 Å². The number of hydrogen-bond donors (Lipinski definition) is 2. The van der Waals surface area contributed by atoms with E-state index in [-0.39, 0.29) is 29.9 Å². The molecule has 1 atom stereocenters. The molecule has 0 fully saturated rings. The van der Waals surface area contributed by atoms with E-state index in [1.54, 1.807) is 0 Å². The fraction of sp³-hybridized carbons (Fsp3) is 0.500. The van der Waals surface area contributed by atoms with Gasteiger partial charge in [0.05, 0.1) is 29.8 Å². The molecule has 16 heteroatoms. The predicted octanol–water partition coefficient (Wildman–Crippen LogP) is 3.22. The van der Waals surface area contributed by atoms with Crippen molar-refractivity contribution in [3.05, 3.63) is 46.5 Å². The molecule has 0 bridgehead atoms. The average molecular weight is 568 g/mol. The number of fused-ring (bicyclic) bond motifs is 3. The van der Waals surface area contributed by atoms with E-state index in [1.807, 2.05) is 0 Å². The molecule has 2 aromatic heterocycles. The number of aliphatic hydroxyl groups is 2. The zero-order chi connectivity index (χ0) is 28.4. The molecule has 208 valence electrons. The molecular weight excluding hydrogens is 544 g/mol. The normalized spacial score (nSPS) is 18.9. The lowest BCUT2D eigenvalue weighted by molar-refractivity contribution is -0.142. The van der Waals surface area contributed by atoms with Crippen LogP contribution in [0.1, 0.15) is 42.1 Å². The Kier molecular flexibility index (Phi) is 6.68. The predicted molar refractivity (Wildman–Crippen MR) is 122 cm³/mol. The summed E-state index contributed by atoms with van der Waals surface area (Å²) in [6.07, 6.45) is -8.21. The van der Waals surface area contributed by atoms with Crippen molar-refractivity contribution in [3.63, 3.8) is 0 Å². The van der Waals surface area contributed by atoms with E-state index in [9.17, 15) is 45.0 Å². The highest BCUT2D eigenvalue weighted by molar-refractivity contribution is 7.91. The third-order valence-electron chi connectivity index (χ3n) is 6.60. The molecule has 0 radical (unpaired) electrons. The smallest absolute Gasteiger partial charge is 0.392 e. The van der Waals surface area contributed by atoms with Gasteiger partial charge in [0, 0.05) is 31.1 Å². The van der Waals surface area contributed by atoms with Crippen molar-refractivity contribution in [1.82, 2.24) is 19.5 Å². The molecule has 3 heterocycles. The number of imidazole rings is 1. The van der Waals surface area contributed by atoms with Gasteiger partial charge in [-0.25, -0.2) is 23.4 Å². The highest BCUT2D eigenvalue weighted by Crippen LogP contribution is 2.47. The number of rotatable bonds is 5. The fourth-order valence-electron chi connectivity index (χ4n) is 5.10. The molecule has 0 amide bonds. The van der Waals surface area contributed by atoms with E-state index in [4.69, 9.17) is 0 Å². The van der Waals surface area contributed by atoms with Crippen molar-refractivity contribution in [2.45, 2.75) is 50.8 Å². The van der Waals surface area contributed by atoms with Crippen LogP contribution < -0.4 is 4.90 Å². The number of hydrogen-bond acceptors (Lipinski definition) is 8. The summed E-state index contributed by atoms with van der Waals surface area (Å²) >= 11 is 0. The van der Waals surface area contributed by atoms with E-state index < -0.39 is 74.5 Å². The van der Waals surface area contributed by atoms with Crippen LogP contribution in [-0.2, 0) is 46.8 Å². The lowest BCUT2D eigenvalue weighted by atomic mass is 9.98. The third kappa shape index (κ3) is 4.18. The number of alkyl halides is 6. The van der Waals surface area contributed by atoms with Gasteiger partial charge in [0.1, 0.15) is 0 Å². The molecular formula is C22H23F6N5O4S. The van der Waals surface area contributed by atoms with Gasteiger partial charge in [-0.15, -0.1) is 0 Å². The van der Waals surface area contributed by atoms with Crippen molar-refractivity contribution in [2.24, 2.45) is 5.92 Å². The number of halogens is 6. The molecule has 1 aliphatic rings. The van der Waals surface area contributed by atoms with Crippen LogP contribution in [0.3, 0.4) is 0 Å². The largest absolute Gasteiger partial charge is 0.433 e. The van der Waals surface area contributed by atoms with Gasteiger partial charge in [-0.3, -0.25) is 0 Å². The second kappa shape index (κ2) is 9.05. The SMILES string of the molecule is CC(C)C1(S(C)(=O)=O)c2nc3cc(CO)c(C(F)(F)F)cc3n2CCN1c1ncc(CO)c(C(F)(F)F)n1. The first kappa shape index (κ1) is 28.0. The third-order valence-corrected chi connectivity index (χ3v) is 8.60. The van der Waals surface area contributed by atoms with Crippen molar-refractivity contribution in [1.29, 1.82) is 0 Å². The summed E-state index contributed by atoms with van der Waals surface area (Å²) < 4.78 is 110. The average Bonchev–Trinajstić information content (AvgIpc) is 3.17. The number of benzene rings is 1. The summed E-state index contributed by atoms with van der Waals surface area (Å²) in [4.78, 5) is 10.7. The lowest BCUT2D eigenvalue weighted by Crippen LogP contribution is -2.60. The van der Waals surface area contributed by atoms with E-state index in [1.165, 1.54) is 18.4 Å². The van der Waals surface area contributed by atoms with E-state index >= 15 is 0 Å². The molecule has 4 rings (SSSR count). The molecule has 2 N–H and O–H groups in total. The van der Waals surface area contributed by atoms with Gasteiger partial charge < -0.3 is 19.7 Å². The van der Waals surface area contributed by atoms with Crippen LogP contribution in [-0.4, -0.2) is 51.0 Å². The summed E-state index contributed by atoms with van der Waals surface area (Å²) in [6, 6.07) is 1.78. The molecule has 1 aliphatic heterocycles. The Morgan fingerprint density at radius 3 is 2.13 bits per heavy atom. The Bertz CT molecular complexity index is 1500. The maximum atomic E-state index is 13.7. The molecule has 0 saturated heterocycles. The van der Waals surface area contributed by atoms with Crippen LogP contribution in [0.25, 0.3) is 11.0 Å². The molecule has 9 nitrogen and oxygen atoms in total. The van der Waals surface area contributed by atoms with Gasteiger partial charge in [-0.2, -0.15) is 26.3 Å². The van der Waals surface area contributed by atoms with E-state index in [0.717, 1.165) is 29.5 Å². The zero-order valence-electron chi connectivity index (χ0n) is 20.3. The van der Waals surface area contributed by atoms with Gasteiger partial charge >= 0.3 is 12.4 Å². The quantitative estimate of drug-likeness (QED) is 0.451. The van der Waals surface area contributed by atoms with Crippen LogP contribution in [0.2, 0.25) is 0 Å². The van der Waals surface area contributed by atoms with Crippen molar-refractivity contribution < 1.29 is 45.0 Å². The van der Waals surface area contributed by atoms with Crippen LogP contribution in [0.15, 0.2) is 18.3 Å². The van der Waals surface area contributed by atoms with Gasteiger partial charge in [0.15, 0.2) is 21.4 Å². The highest BCUT2D eigenvalue weighted by atomic mass is 32.2. The summed E-state index contributed by atoms with van der Waals surface area (Å²) in [5.41, 5.74) is -3.73. The molecule has 0 spiro atoms. The van der Waals surface area contributed by atoms with Crippen LogP contribution in [0.4, 0.5) is 32.3 Å². The topological polar surface area (TPSA) is 121 Å². The van der Waals surface area contributed by atoms with Crippen LogP contribution in [0.5, 0.6) is 0 Å². The lowest BCUT2D eigenvalue weighted by Gasteiger charge is -2.47. The maximum absolute atomic E-state index is 13.7. The monoisotopic (exact) mass is 567 g/mol. The Morgan fingerprint density at radius 1 is 1.00 bits per heavy atom. The number of aliphatic hydroxyl groups excluding tert-OH is 2. The van der Waals surface area contributed by atoms with E-state index in [2.05, 4.69) is 15.0 Å². The molecule has 0 aliphatic carbocycles. The number of anilines is 1. The zero-order valence-corrected chi connectivity index (χ0v) is 21.1. The minimum absolute atomic E-state index is 0.0277. The first-order valence-corrected chi connectivity index (χ1v) is 13.1. The molecule has 1 aromatic carbocycles.